The molecule has 2 atom stereocenters. The van der Waals surface area contributed by atoms with Gasteiger partial charge in [0.05, 0.1) is 17.9 Å². The van der Waals surface area contributed by atoms with Gasteiger partial charge < -0.3 is 15.4 Å². The summed E-state index contributed by atoms with van der Waals surface area (Å²) < 4.78 is 5.81. The minimum absolute atomic E-state index is 0.234. The number of pyridine rings is 1. The molecule has 1 aromatic heterocycles. The van der Waals surface area contributed by atoms with E-state index in [0.717, 1.165) is 36.6 Å². The predicted octanol–water partition coefficient (Wildman–Crippen LogP) is 3.00. The van der Waals surface area contributed by atoms with Gasteiger partial charge in [0.15, 0.2) is 0 Å². The lowest BCUT2D eigenvalue weighted by Crippen LogP contribution is -2.29. The molecule has 1 aromatic carbocycles. The number of hydrogen-bond acceptors (Lipinski definition) is 4. The fraction of sp³-hybridized carbons (Fsp3) is 0.389. The number of nitrogens with zero attached hydrogens (tertiary/aromatic N) is 1. The quantitative estimate of drug-likeness (QED) is 0.890. The Hall–Kier alpha value is -2.07. The molecule has 2 aromatic rings. The molecule has 1 aliphatic heterocycles. The monoisotopic (exact) mass is 297 g/mol. The molecular formula is C18H23N3O. The van der Waals surface area contributed by atoms with E-state index < -0.39 is 0 Å². The van der Waals surface area contributed by atoms with Crippen molar-refractivity contribution < 1.29 is 4.74 Å². The molecule has 116 valence electrons. The van der Waals surface area contributed by atoms with Crippen molar-refractivity contribution in [2.75, 3.05) is 11.9 Å². The Balaban J connectivity index is 1.56. The first kappa shape index (κ1) is 14.9. The van der Waals surface area contributed by atoms with Gasteiger partial charge in [-0.05, 0) is 50.1 Å². The van der Waals surface area contributed by atoms with Crippen molar-refractivity contribution in [2.45, 2.75) is 39.0 Å². The summed E-state index contributed by atoms with van der Waals surface area (Å²) in [6.07, 6.45) is 3.05. The molecular weight excluding hydrogens is 274 g/mol. The maximum atomic E-state index is 5.81. The predicted molar refractivity (Wildman–Crippen MR) is 89.3 cm³/mol. The molecule has 4 nitrogen and oxygen atoms in total. The summed E-state index contributed by atoms with van der Waals surface area (Å²) in [6.45, 7) is 5.94. The summed E-state index contributed by atoms with van der Waals surface area (Å²) in [5.74, 6) is 0.955. The topological polar surface area (TPSA) is 46.2 Å². The third kappa shape index (κ3) is 3.77. The zero-order chi connectivity index (χ0) is 15.4. The molecule has 2 unspecified atom stereocenters. The summed E-state index contributed by atoms with van der Waals surface area (Å²) in [6, 6.07) is 12.8. The van der Waals surface area contributed by atoms with Crippen LogP contribution in [-0.2, 0) is 13.0 Å². The molecule has 22 heavy (non-hydrogen) atoms. The second-order valence-electron chi connectivity index (χ2n) is 5.95. The summed E-state index contributed by atoms with van der Waals surface area (Å²) in [4.78, 5) is 4.33. The smallest absolute Gasteiger partial charge is 0.142 e. The molecule has 0 spiro atoms. The van der Waals surface area contributed by atoms with Crippen LogP contribution in [0, 0.1) is 0 Å². The van der Waals surface area contributed by atoms with Crippen LogP contribution in [0.5, 0.6) is 5.75 Å². The third-order valence-corrected chi connectivity index (χ3v) is 3.85. The van der Waals surface area contributed by atoms with Crippen LogP contribution in [-0.4, -0.2) is 23.7 Å². The van der Waals surface area contributed by atoms with Crippen LogP contribution in [0.4, 0.5) is 5.69 Å². The van der Waals surface area contributed by atoms with Gasteiger partial charge in [-0.3, -0.25) is 4.98 Å². The first-order chi connectivity index (χ1) is 10.7. The number of rotatable bonds is 5. The first-order valence-corrected chi connectivity index (χ1v) is 7.87. The lowest BCUT2D eigenvalue weighted by Gasteiger charge is -2.25. The van der Waals surface area contributed by atoms with E-state index in [4.69, 9.17) is 4.74 Å². The lowest BCUT2D eigenvalue weighted by molar-refractivity contribution is 0.226. The number of benzene rings is 1. The van der Waals surface area contributed by atoms with Crippen molar-refractivity contribution in [3.63, 3.8) is 0 Å². The van der Waals surface area contributed by atoms with Gasteiger partial charge in [0.2, 0.25) is 0 Å². The van der Waals surface area contributed by atoms with E-state index in [9.17, 15) is 0 Å². The van der Waals surface area contributed by atoms with Crippen molar-refractivity contribution in [2.24, 2.45) is 0 Å². The maximum absolute atomic E-state index is 5.81. The molecule has 2 heterocycles. The minimum atomic E-state index is 0.234. The Labute approximate surface area is 131 Å². The Kier molecular flexibility index (Phi) is 4.59. The number of hydrogen-bond donors (Lipinski definition) is 2. The summed E-state index contributed by atoms with van der Waals surface area (Å²) in [5.41, 5.74) is 3.49. The van der Waals surface area contributed by atoms with Crippen LogP contribution >= 0.6 is 0 Å². The SMILES string of the molecule is CC(Cc1ccc2c(c1)NCC(C)O2)NCc1ccccn1. The molecule has 3 rings (SSSR count). The van der Waals surface area contributed by atoms with Crippen LogP contribution in [0.3, 0.4) is 0 Å². The molecule has 0 amide bonds. The second kappa shape index (κ2) is 6.79. The zero-order valence-electron chi connectivity index (χ0n) is 13.2. The average Bonchev–Trinajstić information content (AvgIpc) is 2.54. The fourth-order valence-corrected chi connectivity index (χ4v) is 2.66. The Morgan fingerprint density at radius 1 is 1.36 bits per heavy atom. The second-order valence-corrected chi connectivity index (χ2v) is 5.95. The van der Waals surface area contributed by atoms with Gasteiger partial charge >= 0.3 is 0 Å². The molecule has 0 aliphatic carbocycles. The lowest BCUT2D eigenvalue weighted by atomic mass is 10.0. The van der Waals surface area contributed by atoms with E-state index in [-0.39, 0.29) is 6.10 Å². The third-order valence-electron chi connectivity index (χ3n) is 3.85. The Morgan fingerprint density at radius 2 is 2.27 bits per heavy atom. The van der Waals surface area contributed by atoms with Gasteiger partial charge in [0.1, 0.15) is 11.9 Å². The molecule has 1 aliphatic rings. The van der Waals surface area contributed by atoms with E-state index in [2.05, 4.69) is 47.7 Å². The van der Waals surface area contributed by atoms with Gasteiger partial charge in [-0.1, -0.05) is 12.1 Å². The largest absolute Gasteiger partial charge is 0.487 e. The van der Waals surface area contributed by atoms with Gasteiger partial charge in [0, 0.05) is 18.8 Å². The number of fused-ring (bicyclic) bond motifs is 1. The normalized spacial score (nSPS) is 18.0. The van der Waals surface area contributed by atoms with Crippen LogP contribution in [0.15, 0.2) is 42.6 Å². The minimum Gasteiger partial charge on any atom is -0.487 e. The first-order valence-electron chi connectivity index (χ1n) is 7.87. The summed E-state index contributed by atoms with van der Waals surface area (Å²) >= 11 is 0. The molecule has 0 bridgehead atoms. The average molecular weight is 297 g/mol. The number of nitrogens with one attached hydrogen (secondary N) is 2. The van der Waals surface area contributed by atoms with E-state index >= 15 is 0 Å². The number of aromatic nitrogens is 1. The maximum Gasteiger partial charge on any atom is 0.142 e. The van der Waals surface area contributed by atoms with E-state index in [1.165, 1.54) is 5.56 Å². The summed E-state index contributed by atoms with van der Waals surface area (Å²) in [5, 5.41) is 6.95. The van der Waals surface area contributed by atoms with Crippen LogP contribution in [0.1, 0.15) is 25.1 Å². The van der Waals surface area contributed by atoms with Gasteiger partial charge in [-0.15, -0.1) is 0 Å². The Morgan fingerprint density at radius 3 is 3.09 bits per heavy atom. The van der Waals surface area contributed by atoms with Gasteiger partial charge in [-0.25, -0.2) is 0 Å². The molecule has 4 heteroatoms. The summed E-state index contributed by atoms with van der Waals surface area (Å²) in [7, 11) is 0. The van der Waals surface area contributed by atoms with Crippen molar-refractivity contribution >= 4 is 5.69 Å². The Bertz CT molecular complexity index is 615. The zero-order valence-corrected chi connectivity index (χ0v) is 13.2. The van der Waals surface area contributed by atoms with E-state index in [0.29, 0.717) is 6.04 Å². The highest BCUT2D eigenvalue weighted by molar-refractivity contribution is 5.59. The van der Waals surface area contributed by atoms with Crippen molar-refractivity contribution in [1.29, 1.82) is 0 Å². The molecule has 0 saturated carbocycles. The van der Waals surface area contributed by atoms with Gasteiger partial charge in [-0.2, -0.15) is 0 Å². The number of ether oxygens (including phenoxy) is 1. The fourth-order valence-electron chi connectivity index (χ4n) is 2.66. The molecule has 0 saturated heterocycles. The number of anilines is 1. The highest BCUT2D eigenvalue weighted by atomic mass is 16.5. The highest BCUT2D eigenvalue weighted by Gasteiger charge is 2.15. The van der Waals surface area contributed by atoms with Crippen LogP contribution < -0.4 is 15.4 Å². The standard InChI is InChI=1S/C18H23N3O/c1-13(20-12-16-5-3-4-8-19-16)9-15-6-7-18-17(10-15)21-11-14(2)22-18/h3-8,10,13-14,20-21H,9,11-12H2,1-2H3. The van der Waals surface area contributed by atoms with Crippen LogP contribution in [0.2, 0.25) is 0 Å². The molecule has 2 N–H and O–H groups in total. The van der Waals surface area contributed by atoms with Crippen molar-refractivity contribution in [3.8, 4) is 5.75 Å². The van der Waals surface area contributed by atoms with E-state index in [1.54, 1.807) is 0 Å². The van der Waals surface area contributed by atoms with Gasteiger partial charge in [0.25, 0.3) is 0 Å². The van der Waals surface area contributed by atoms with Crippen molar-refractivity contribution in [1.82, 2.24) is 10.3 Å². The molecule has 0 fully saturated rings. The highest BCUT2D eigenvalue weighted by Crippen LogP contribution is 2.30. The van der Waals surface area contributed by atoms with Crippen LogP contribution in [0.25, 0.3) is 0 Å². The van der Waals surface area contributed by atoms with E-state index in [1.807, 2.05) is 24.4 Å². The molecule has 0 radical (unpaired) electrons. The van der Waals surface area contributed by atoms with Crippen molar-refractivity contribution in [3.05, 3.63) is 53.9 Å².